The summed E-state index contributed by atoms with van der Waals surface area (Å²) in [5.41, 5.74) is 1.74. The summed E-state index contributed by atoms with van der Waals surface area (Å²) >= 11 is 0. The molecule has 0 unspecified atom stereocenters. The predicted molar refractivity (Wildman–Crippen MR) is 71.8 cm³/mol. The average Bonchev–Trinajstić information content (AvgIpc) is 2.79. The van der Waals surface area contributed by atoms with Crippen LogP contribution >= 0.6 is 0 Å². The van der Waals surface area contributed by atoms with Crippen LogP contribution in [-0.2, 0) is 0 Å². The molecule has 0 bridgehead atoms. The third-order valence-electron chi connectivity index (χ3n) is 2.92. The summed E-state index contributed by atoms with van der Waals surface area (Å²) in [4.78, 5) is 13.0. The van der Waals surface area contributed by atoms with Gasteiger partial charge in [-0.15, -0.1) is 0 Å². The number of aromatic amines is 1. The maximum absolute atomic E-state index is 10.3. The van der Waals surface area contributed by atoms with E-state index in [1.165, 1.54) is 6.08 Å². The Morgan fingerprint density at radius 3 is 2.72 bits per heavy atom. The van der Waals surface area contributed by atoms with Crippen molar-refractivity contribution in [3.8, 4) is 0 Å². The van der Waals surface area contributed by atoms with E-state index in [1.54, 1.807) is 0 Å². The van der Waals surface area contributed by atoms with Crippen LogP contribution in [-0.4, -0.2) is 9.91 Å². The first-order valence-electron chi connectivity index (χ1n) is 5.56. The van der Waals surface area contributed by atoms with E-state index < -0.39 is 4.92 Å². The lowest BCUT2D eigenvalue weighted by Crippen LogP contribution is -1.82. The zero-order valence-electron chi connectivity index (χ0n) is 9.46. The molecule has 0 aliphatic heterocycles. The van der Waals surface area contributed by atoms with Gasteiger partial charge in [0.15, 0.2) is 0 Å². The molecule has 18 heavy (non-hydrogen) atoms. The molecular weight excluding hydrogens is 228 g/mol. The van der Waals surface area contributed by atoms with Crippen LogP contribution in [0.3, 0.4) is 0 Å². The van der Waals surface area contributed by atoms with Crippen molar-refractivity contribution < 1.29 is 4.92 Å². The highest BCUT2D eigenvalue weighted by atomic mass is 16.6. The van der Waals surface area contributed by atoms with Gasteiger partial charge in [-0.05, 0) is 11.5 Å². The van der Waals surface area contributed by atoms with Gasteiger partial charge in [0.2, 0.25) is 6.20 Å². The van der Waals surface area contributed by atoms with Crippen LogP contribution in [0.25, 0.3) is 27.8 Å². The molecule has 0 saturated heterocycles. The van der Waals surface area contributed by atoms with Crippen molar-refractivity contribution in [1.29, 1.82) is 0 Å². The van der Waals surface area contributed by atoms with Gasteiger partial charge in [0.25, 0.3) is 0 Å². The summed E-state index contributed by atoms with van der Waals surface area (Å²) in [6, 6.07) is 14.0. The molecule has 0 aliphatic rings. The summed E-state index contributed by atoms with van der Waals surface area (Å²) in [6.45, 7) is 0. The number of fused-ring (bicyclic) bond motifs is 3. The van der Waals surface area contributed by atoms with Crippen molar-refractivity contribution >= 4 is 27.8 Å². The quantitative estimate of drug-likeness (QED) is 0.548. The van der Waals surface area contributed by atoms with E-state index in [0.717, 1.165) is 33.6 Å². The van der Waals surface area contributed by atoms with Gasteiger partial charge in [-0.3, -0.25) is 10.1 Å². The first-order valence-corrected chi connectivity index (χ1v) is 5.56. The number of aromatic nitrogens is 1. The number of rotatable bonds is 2. The van der Waals surface area contributed by atoms with Crippen LogP contribution in [0.1, 0.15) is 5.69 Å². The molecule has 0 aliphatic carbocycles. The van der Waals surface area contributed by atoms with E-state index in [2.05, 4.69) is 4.98 Å². The monoisotopic (exact) mass is 238 g/mol. The molecule has 88 valence electrons. The average molecular weight is 238 g/mol. The Bertz CT molecular complexity index is 772. The summed E-state index contributed by atoms with van der Waals surface area (Å²) < 4.78 is 0. The topological polar surface area (TPSA) is 58.9 Å². The highest BCUT2D eigenvalue weighted by molar-refractivity contribution is 6.06. The Morgan fingerprint density at radius 1 is 1.11 bits per heavy atom. The molecule has 1 N–H and O–H groups in total. The zero-order chi connectivity index (χ0) is 12.5. The maximum Gasteiger partial charge on any atom is 0.236 e. The fourth-order valence-electron chi connectivity index (χ4n) is 2.13. The maximum atomic E-state index is 10.3. The van der Waals surface area contributed by atoms with Crippen molar-refractivity contribution in [3.05, 3.63) is 64.5 Å². The SMILES string of the molecule is O=[N+]([O-])/C=C\c1cc2ccc3ccccc3c2[nH]1. The number of H-pyrrole nitrogens is 1. The van der Waals surface area contributed by atoms with Gasteiger partial charge in [-0.2, -0.15) is 0 Å². The molecule has 1 heterocycles. The molecule has 2 aromatic carbocycles. The van der Waals surface area contributed by atoms with Gasteiger partial charge in [0.05, 0.1) is 10.4 Å². The van der Waals surface area contributed by atoms with Gasteiger partial charge in [-0.1, -0.05) is 36.4 Å². The van der Waals surface area contributed by atoms with Crippen LogP contribution in [0.5, 0.6) is 0 Å². The number of nitrogens with one attached hydrogen (secondary N) is 1. The summed E-state index contributed by atoms with van der Waals surface area (Å²) in [5.74, 6) is 0. The lowest BCUT2D eigenvalue weighted by Gasteiger charge is -1.98. The normalized spacial score (nSPS) is 11.6. The van der Waals surface area contributed by atoms with Crippen molar-refractivity contribution in [2.75, 3.05) is 0 Å². The number of hydrogen-bond donors (Lipinski definition) is 1. The molecule has 3 rings (SSSR count). The molecule has 0 saturated carbocycles. The molecule has 3 aromatic rings. The van der Waals surface area contributed by atoms with Crippen molar-refractivity contribution in [3.63, 3.8) is 0 Å². The minimum Gasteiger partial charge on any atom is -0.354 e. The van der Waals surface area contributed by atoms with E-state index in [0.29, 0.717) is 0 Å². The first kappa shape index (κ1) is 10.5. The summed E-state index contributed by atoms with van der Waals surface area (Å²) in [6.07, 6.45) is 2.40. The second kappa shape index (κ2) is 4.00. The largest absolute Gasteiger partial charge is 0.354 e. The predicted octanol–water partition coefficient (Wildman–Crippen LogP) is 3.57. The van der Waals surface area contributed by atoms with E-state index in [-0.39, 0.29) is 0 Å². The van der Waals surface area contributed by atoms with Crippen LogP contribution < -0.4 is 0 Å². The molecule has 0 atom stereocenters. The molecule has 0 spiro atoms. The number of benzene rings is 2. The molecule has 0 amide bonds. The van der Waals surface area contributed by atoms with Gasteiger partial charge in [0, 0.05) is 22.5 Å². The third-order valence-corrected chi connectivity index (χ3v) is 2.92. The lowest BCUT2D eigenvalue weighted by atomic mass is 10.1. The van der Waals surface area contributed by atoms with Gasteiger partial charge in [0.1, 0.15) is 0 Å². The highest BCUT2D eigenvalue weighted by Crippen LogP contribution is 2.25. The second-order valence-corrected chi connectivity index (χ2v) is 4.08. The van der Waals surface area contributed by atoms with Crippen LogP contribution in [0.15, 0.2) is 48.7 Å². The smallest absolute Gasteiger partial charge is 0.236 e. The molecule has 1 aromatic heterocycles. The standard InChI is InChI=1S/C14H10N2O2/c17-16(18)8-7-12-9-11-6-5-10-3-1-2-4-13(10)14(11)15-12/h1-9,15H/b8-7-. The minimum absolute atomic E-state index is 0.469. The van der Waals surface area contributed by atoms with E-state index in [1.807, 2.05) is 42.5 Å². The van der Waals surface area contributed by atoms with Gasteiger partial charge in [-0.25, -0.2) is 0 Å². The Balaban J connectivity index is 2.22. The number of nitrogens with zero attached hydrogens (tertiary/aromatic N) is 1. The zero-order valence-corrected chi connectivity index (χ0v) is 9.46. The van der Waals surface area contributed by atoms with Crippen molar-refractivity contribution in [1.82, 2.24) is 4.98 Å². The first-order chi connectivity index (χ1) is 8.74. The molecule has 0 fully saturated rings. The van der Waals surface area contributed by atoms with Gasteiger partial charge < -0.3 is 4.98 Å². The summed E-state index contributed by atoms with van der Waals surface area (Å²) in [5, 5.41) is 13.6. The lowest BCUT2D eigenvalue weighted by molar-refractivity contribution is -0.400. The Hall–Kier alpha value is -2.62. The highest BCUT2D eigenvalue weighted by Gasteiger charge is 2.03. The fraction of sp³-hybridized carbons (Fsp3) is 0. The van der Waals surface area contributed by atoms with Crippen molar-refractivity contribution in [2.24, 2.45) is 0 Å². The van der Waals surface area contributed by atoms with Crippen LogP contribution in [0.2, 0.25) is 0 Å². The van der Waals surface area contributed by atoms with E-state index in [9.17, 15) is 10.1 Å². The second-order valence-electron chi connectivity index (χ2n) is 4.08. The third kappa shape index (κ3) is 1.73. The number of nitro groups is 1. The Kier molecular flexibility index (Phi) is 2.34. The van der Waals surface area contributed by atoms with Crippen LogP contribution in [0.4, 0.5) is 0 Å². The summed E-state index contributed by atoms with van der Waals surface area (Å²) in [7, 11) is 0. The fourth-order valence-corrected chi connectivity index (χ4v) is 2.13. The minimum atomic E-state index is -0.469. The Morgan fingerprint density at radius 2 is 1.89 bits per heavy atom. The van der Waals surface area contributed by atoms with Crippen LogP contribution in [0, 0.1) is 10.1 Å². The Labute approximate surface area is 103 Å². The molecule has 4 nitrogen and oxygen atoms in total. The van der Waals surface area contributed by atoms with E-state index >= 15 is 0 Å². The molecule has 0 radical (unpaired) electrons. The molecule has 4 heteroatoms. The molecular formula is C14H10N2O2. The van der Waals surface area contributed by atoms with E-state index in [4.69, 9.17) is 0 Å². The van der Waals surface area contributed by atoms with Gasteiger partial charge >= 0.3 is 0 Å². The number of hydrogen-bond acceptors (Lipinski definition) is 2. The van der Waals surface area contributed by atoms with Crippen molar-refractivity contribution in [2.45, 2.75) is 0 Å².